The highest BCUT2D eigenvalue weighted by molar-refractivity contribution is 7.97. The molecular formula is C25H29F3N4OS. The Morgan fingerprint density at radius 2 is 2.03 bits per heavy atom. The van der Waals surface area contributed by atoms with Crippen molar-refractivity contribution >= 4 is 34.8 Å². The number of benzene rings is 2. The van der Waals surface area contributed by atoms with Crippen molar-refractivity contribution in [2.24, 2.45) is 16.9 Å². The molecule has 0 atom stereocenters. The molecule has 1 amide bonds. The molecule has 1 aliphatic rings. The predicted molar refractivity (Wildman–Crippen MR) is 133 cm³/mol. The Balaban J connectivity index is 1.81. The maximum atomic E-state index is 15.1. The molecule has 2 N–H and O–H groups in total. The first-order valence-corrected chi connectivity index (χ1v) is 11.9. The zero-order valence-corrected chi connectivity index (χ0v) is 20.1. The summed E-state index contributed by atoms with van der Waals surface area (Å²) in [6.45, 7) is 9.16. The molecule has 3 rings (SSSR count). The number of hydrogen-bond donors (Lipinski definition) is 1. The van der Waals surface area contributed by atoms with Gasteiger partial charge >= 0.3 is 0 Å². The number of alkyl halides is 2. The molecule has 1 fully saturated rings. The second kappa shape index (κ2) is 11.6. The number of rotatable bonds is 10. The van der Waals surface area contributed by atoms with E-state index in [0.717, 1.165) is 11.3 Å². The van der Waals surface area contributed by atoms with Crippen LogP contribution in [0.1, 0.15) is 30.0 Å². The normalized spacial score (nSPS) is 14.8. The highest BCUT2D eigenvalue weighted by atomic mass is 32.2. The van der Waals surface area contributed by atoms with Crippen molar-refractivity contribution in [3.63, 3.8) is 0 Å². The zero-order valence-electron chi connectivity index (χ0n) is 19.3. The van der Waals surface area contributed by atoms with E-state index in [4.69, 9.17) is 5.84 Å². The van der Waals surface area contributed by atoms with E-state index in [1.165, 1.54) is 6.07 Å². The Hall–Kier alpha value is -2.78. The average molecular weight is 491 g/mol. The van der Waals surface area contributed by atoms with Crippen molar-refractivity contribution in [3.8, 4) is 0 Å². The van der Waals surface area contributed by atoms with Crippen molar-refractivity contribution in [1.29, 1.82) is 0 Å². The van der Waals surface area contributed by atoms with Crippen LogP contribution in [0, 0.1) is 18.7 Å². The van der Waals surface area contributed by atoms with Gasteiger partial charge in [-0.3, -0.25) is 4.79 Å². The number of aryl methyl sites for hydroxylation is 1. The molecule has 0 bridgehead atoms. The van der Waals surface area contributed by atoms with Crippen LogP contribution in [0.2, 0.25) is 0 Å². The average Bonchev–Trinajstić information content (AvgIpc) is 2.77. The van der Waals surface area contributed by atoms with Crippen molar-refractivity contribution < 1.29 is 18.0 Å². The van der Waals surface area contributed by atoms with Crippen molar-refractivity contribution in [3.05, 3.63) is 71.6 Å². The second-order valence-electron chi connectivity index (χ2n) is 8.23. The molecule has 0 radical (unpaired) electrons. The smallest absolute Gasteiger partial charge is 0.278 e. The molecule has 1 saturated heterocycles. The van der Waals surface area contributed by atoms with E-state index in [1.54, 1.807) is 29.0 Å². The summed E-state index contributed by atoms with van der Waals surface area (Å²) in [4.78, 5) is 15.0. The molecule has 0 unspecified atom stereocenters. The van der Waals surface area contributed by atoms with Crippen LogP contribution in [0.5, 0.6) is 0 Å². The van der Waals surface area contributed by atoms with Gasteiger partial charge in [-0.2, -0.15) is 5.10 Å². The minimum absolute atomic E-state index is 0.0489. The molecule has 2 aromatic rings. The lowest BCUT2D eigenvalue weighted by atomic mass is 9.98. The van der Waals surface area contributed by atoms with Crippen LogP contribution in [0.25, 0.3) is 5.57 Å². The van der Waals surface area contributed by atoms with Crippen molar-refractivity contribution in [2.45, 2.75) is 33.2 Å². The molecule has 5 nitrogen and oxygen atoms in total. The summed E-state index contributed by atoms with van der Waals surface area (Å²) in [5.74, 6) is 5.23. The summed E-state index contributed by atoms with van der Waals surface area (Å²) in [6.07, 6.45) is -3.06. The Kier molecular flexibility index (Phi) is 8.79. The summed E-state index contributed by atoms with van der Waals surface area (Å²) >= 11 is 1.70. The molecule has 1 heterocycles. The van der Waals surface area contributed by atoms with Crippen LogP contribution >= 0.6 is 11.9 Å². The van der Waals surface area contributed by atoms with Crippen LogP contribution in [0.3, 0.4) is 0 Å². The van der Waals surface area contributed by atoms with Gasteiger partial charge in [0.25, 0.3) is 6.43 Å². The number of hydrogen-bond acceptors (Lipinski definition) is 5. The number of hydrazone groups is 1. The van der Waals surface area contributed by atoms with Crippen LogP contribution < -0.4 is 10.7 Å². The van der Waals surface area contributed by atoms with E-state index in [9.17, 15) is 13.6 Å². The molecule has 0 aromatic heterocycles. The van der Waals surface area contributed by atoms with Gasteiger partial charge in [-0.15, -0.1) is 0 Å². The lowest BCUT2D eigenvalue weighted by Crippen LogP contribution is -2.51. The van der Waals surface area contributed by atoms with Gasteiger partial charge in [0.1, 0.15) is 11.5 Å². The fraction of sp³-hybridized carbons (Fsp3) is 0.360. The molecular weight excluding hydrogens is 461 g/mol. The number of nitrogens with zero attached hydrogens (tertiary/aromatic N) is 3. The summed E-state index contributed by atoms with van der Waals surface area (Å²) in [7, 11) is 0. The topological polar surface area (TPSA) is 61.9 Å². The summed E-state index contributed by atoms with van der Waals surface area (Å²) in [5, 5.41) is 3.10. The molecule has 0 aliphatic carbocycles. The minimum Gasteiger partial charge on any atom is -0.323 e. The van der Waals surface area contributed by atoms with E-state index in [2.05, 4.69) is 22.9 Å². The molecule has 2 aromatic carbocycles. The number of nitrogens with two attached hydrogens (primary N) is 1. The standard InChI is InChI=1S/C25H29F3N4OS/c1-4-34-31-13-20(14-31)25(33)32(21-7-5-6-16(2)10-21)15-19-9-8-18(12-22(19)26)17(3)11-23(30-29)24(27)28/h5-10,12,20,24H,3-4,11,13-15,29H2,1-2H3/b30-23+. The molecule has 0 saturated carbocycles. The Morgan fingerprint density at radius 3 is 2.62 bits per heavy atom. The lowest BCUT2D eigenvalue weighted by molar-refractivity contribution is -0.125. The maximum absolute atomic E-state index is 15.1. The largest absolute Gasteiger partial charge is 0.323 e. The van der Waals surface area contributed by atoms with Gasteiger partial charge in [-0.1, -0.05) is 49.7 Å². The molecule has 9 heteroatoms. The number of anilines is 1. The number of carbonyl (C=O) groups is 1. The zero-order chi connectivity index (χ0) is 24.8. The van der Waals surface area contributed by atoms with E-state index < -0.39 is 18.0 Å². The van der Waals surface area contributed by atoms with Crippen LogP contribution in [0.15, 0.2) is 54.1 Å². The lowest BCUT2D eigenvalue weighted by Gasteiger charge is -2.39. The molecule has 0 spiro atoms. The predicted octanol–water partition coefficient (Wildman–Crippen LogP) is 5.25. The minimum atomic E-state index is -2.81. The Morgan fingerprint density at radius 1 is 1.29 bits per heavy atom. The maximum Gasteiger partial charge on any atom is 0.278 e. The molecule has 34 heavy (non-hydrogen) atoms. The van der Waals surface area contributed by atoms with Gasteiger partial charge in [0, 0.05) is 36.5 Å². The summed E-state index contributed by atoms with van der Waals surface area (Å²) in [5.41, 5.74) is 2.18. The van der Waals surface area contributed by atoms with E-state index in [1.807, 2.05) is 31.2 Å². The van der Waals surface area contributed by atoms with E-state index in [0.29, 0.717) is 29.9 Å². The van der Waals surface area contributed by atoms with E-state index in [-0.39, 0.29) is 30.4 Å². The third-order valence-corrected chi connectivity index (χ3v) is 6.61. The first kappa shape index (κ1) is 25.8. The second-order valence-corrected chi connectivity index (χ2v) is 9.58. The fourth-order valence-corrected chi connectivity index (χ4v) is 4.70. The third-order valence-electron chi connectivity index (χ3n) is 5.69. The van der Waals surface area contributed by atoms with Crippen molar-refractivity contribution in [1.82, 2.24) is 4.31 Å². The van der Waals surface area contributed by atoms with Gasteiger partial charge in [-0.05, 0) is 41.8 Å². The van der Waals surface area contributed by atoms with Gasteiger partial charge in [-0.25, -0.2) is 17.5 Å². The van der Waals surface area contributed by atoms with Crippen LogP contribution in [-0.4, -0.2) is 41.2 Å². The monoisotopic (exact) mass is 490 g/mol. The fourth-order valence-electron chi connectivity index (χ4n) is 3.76. The Bertz CT molecular complexity index is 1070. The number of halogens is 3. The number of amides is 1. The van der Waals surface area contributed by atoms with Crippen LogP contribution in [0.4, 0.5) is 18.9 Å². The van der Waals surface area contributed by atoms with Gasteiger partial charge in [0.15, 0.2) is 0 Å². The van der Waals surface area contributed by atoms with Gasteiger partial charge < -0.3 is 10.7 Å². The third kappa shape index (κ3) is 6.21. The summed E-state index contributed by atoms with van der Waals surface area (Å²) < 4.78 is 43.1. The molecule has 1 aliphatic heterocycles. The van der Waals surface area contributed by atoms with Crippen LogP contribution in [-0.2, 0) is 11.3 Å². The first-order chi connectivity index (χ1) is 16.2. The quantitative estimate of drug-likeness (QED) is 0.214. The highest BCUT2D eigenvalue weighted by Crippen LogP contribution is 2.30. The number of carbonyl (C=O) groups excluding carboxylic acids is 1. The number of allylic oxidation sites excluding steroid dienone is 1. The van der Waals surface area contributed by atoms with Gasteiger partial charge in [0.05, 0.1) is 12.5 Å². The van der Waals surface area contributed by atoms with Crippen molar-refractivity contribution in [2.75, 3.05) is 23.7 Å². The summed E-state index contributed by atoms with van der Waals surface area (Å²) in [6, 6.07) is 12.0. The Labute approximate surface area is 202 Å². The first-order valence-electron chi connectivity index (χ1n) is 11.0. The molecule has 182 valence electrons. The van der Waals surface area contributed by atoms with Gasteiger partial charge in [0.2, 0.25) is 5.91 Å². The highest BCUT2D eigenvalue weighted by Gasteiger charge is 2.36. The van der Waals surface area contributed by atoms with E-state index >= 15 is 4.39 Å². The SMILES string of the molecule is C=C(C/C(=N\N)C(F)F)c1ccc(CN(C(=O)C2CN(SCC)C2)c2cccc(C)c2)c(F)c1.